The molecule has 2 rings (SSSR count). The number of rotatable bonds is 0. The summed E-state index contributed by atoms with van der Waals surface area (Å²) in [6.07, 6.45) is 5.38. The molecular weight excluding hydrogens is 143 g/mol. The van der Waals surface area contributed by atoms with Gasteiger partial charge < -0.3 is 0 Å². The number of aryl methyl sites for hydroxylation is 2. The van der Waals surface area contributed by atoms with Crippen molar-refractivity contribution in [1.29, 1.82) is 0 Å². The molecule has 64 valence electrons. The number of hydrogen-bond donors (Lipinski definition) is 0. The van der Waals surface area contributed by atoms with Crippen LogP contribution in [0.3, 0.4) is 0 Å². The van der Waals surface area contributed by atoms with Crippen LogP contribution in [0.25, 0.3) is 0 Å². The van der Waals surface area contributed by atoms with Crippen molar-refractivity contribution in [1.82, 2.24) is 0 Å². The van der Waals surface area contributed by atoms with Gasteiger partial charge in [-0.1, -0.05) is 13.8 Å². The van der Waals surface area contributed by atoms with Gasteiger partial charge in [-0.05, 0) is 0 Å². The van der Waals surface area contributed by atoms with E-state index in [2.05, 4.69) is 25.0 Å². The predicted octanol–water partition coefficient (Wildman–Crippen LogP) is 2.93. The summed E-state index contributed by atoms with van der Waals surface area (Å²) in [5.41, 5.74) is 3.16. The average molecular weight is 160 g/mol. The molecule has 0 saturated heterocycles. The van der Waals surface area contributed by atoms with Crippen molar-refractivity contribution in [2.45, 2.75) is 39.5 Å². The second kappa shape index (κ2) is 5.13. The fourth-order valence-corrected chi connectivity index (χ4v) is 1.68. The van der Waals surface area contributed by atoms with Crippen molar-refractivity contribution in [3.05, 3.63) is 29.1 Å². The molecule has 1 aliphatic rings. The van der Waals surface area contributed by atoms with Crippen molar-refractivity contribution in [2.75, 3.05) is 0 Å². The van der Waals surface area contributed by atoms with Crippen LogP contribution >= 0.6 is 0 Å². The van der Waals surface area contributed by atoms with E-state index in [-0.39, 0.29) is 0 Å². The van der Waals surface area contributed by atoms with Gasteiger partial charge in [0.2, 0.25) is 0 Å². The second-order valence-electron chi connectivity index (χ2n) is 2.98. The first-order chi connectivity index (χ1) is 5.97. The Kier molecular flexibility index (Phi) is 4.06. The van der Waals surface area contributed by atoms with Crippen LogP contribution in [0.4, 0.5) is 0 Å². The summed E-state index contributed by atoms with van der Waals surface area (Å²) in [7, 11) is 0. The molecule has 1 aromatic heterocycles. The van der Waals surface area contributed by atoms with E-state index in [4.69, 9.17) is 0 Å². The van der Waals surface area contributed by atoms with E-state index in [1.54, 1.807) is 11.0 Å². The van der Waals surface area contributed by atoms with E-state index in [1.807, 2.05) is 13.8 Å². The Morgan fingerprint density at radius 2 is 1.92 bits per heavy atom. The van der Waals surface area contributed by atoms with Crippen LogP contribution in [0.5, 0.6) is 0 Å². The summed E-state index contributed by atoms with van der Waals surface area (Å²) in [6, 6.07) is 4.40. The van der Waals surface area contributed by atoms with Gasteiger partial charge in [0, 0.05) is 0 Å². The van der Waals surface area contributed by atoms with Gasteiger partial charge >= 0.3 is 61.7 Å². The number of fused-ring (bicyclic) bond motifs is 1. The van der Waals surface area contributed by atoms with Crippen molar-refractivity contribution in [3.8, 4) is 0 Å². The van der Waals surface area contributed by atoms with E-state index < -0.39 is 0 Å². The topological polar surface area (TPSA) is 0 Å². The molecule has 0 radical (unpaired) electrons. The van der Waals surface area contributed by atoms with Gasteiger partial charge in [0.25, 0.3) is 0 Å². The molecular formula is C11H17B. The quantitative estimate of drug-likeness (QED) is 0.547. The summed E-state index contributed by atoms with van der Waals surface area (Å²) in [5.74, 6) is 2.14. The van der Waals surface area contributed by atoms with Gasteiger partial charge in [-0.15, -0.1) is 0 Å². The van der Waals surface area contributed by atoms with Crippen LogP contribution in [0.15, 0.2) is 18.1 Å². The molecule has 1 aromatic rings. The molecule has 0 fully saturated rings. The SMILES string of the molecule is CC.b1cccc2c1CCCC2. The summed E-state index contributed by atoms with van der Waals surface area (Å²) >= 11 is 0. The van der Waals surface area contributed by atoms with Gasteiger partial charge in [0.1, 0.15) is 0 Å². The molecule has 1 heterocycles. The first-order valence-corrected chi connectivity index (χ1v) is 5.03. The van der Waals surface area contributed by atoms with Gasteiger partial charge in [0.15, 0.2) is 0 Å². The van der Waals surface area contributed by atoms with E-state index in [1.165, 1.54) is 25.7 Å². The van der Waals surface area contributed by atoms with Crippen molar-refractivity contribution < 1.29 is 0 Å². The normalized spacial score (nSPS) is 13.8. The van der Waals surface area contributed by atoms with Crippen molar-refractivity contribution in [2.24, 2.45) is 0 Å². The monoisotopic (exact) mass is 160 g/mol. The molecule has 0 unspecified atom stereocenters. The van der Waals surface area contributed by atoms with Crippen LogP contribution < -0.4 is 0 Å². The third-order valence-electron chi connectivity index (χ3n) is 2.26. The molecule has 0 bridgehead atoms. The van der Waals surface area contributed by atoms with Crippen molar-refractivity contribution in [3.63, 3.8) is 0 Å². The molecule has 1 heteroatoms. The molecule has 0 amide bonds. The second-order valence-corrected chi connectivity index (χ2v) is 2.98. The van der Waals surface area contributed by atoms with E-state index in [0.29, 0.717) is 0 Å². The van der Waals surface area contributed by atoms with Crippen LogP contribution in [-0.2, 0) is 12.8 Å². The number of hydrogen-bond acceptors (Lipinski definition) is 0. The van der Waals surface area contributed by atoms with E-state index >= 15 is 0 Å². The minimum atomic E-state index is 1.30. The van der Waals surface area contributed by atoms with Gasteiger partial charge in [-0.25, -0.2) is 0 Å². The summed E-state index contributed by atoms with van der Waals surface area (Å²) in [5, 5.41) is 0. The Hall–Kier alpha value is -0.585. The Labute approximate surface area is 76.2 Å². The minimum absolute atomic E-state index is 1.30. The van der Waals surface area contributed by atoms with Crippen molar-refractivity contribution >= 4 is 6.91 Å². The summed E-state index contributed by atoms with van der Waals surface area (Å²) < 4.78 is 0. The first-order valence-electron chi connectivity index (χ1n) is 5.03. The molecule has 0 N–H and O–H groups in total. The van der Waals surface area contributed by atoms with Crippen LogP contribution in [0, 0.1) is 0 Å². The van der Waals surface area contributed by atoms with Gasteiger partial charge in [-0.3, -0.25) is 0 Å². The van der Waals surface area contributed by atoms with E-state index in [0.717, 1.165) is 0 Å². The zero-order valence-electron chi connectivity index (χ0n) is 8.14. The summed E-state index contributed by atoms with van der Waals surface area (Å²) in [4.78, 5) is 0. The first kappa shape index (κ1) is 9.50. The molecule has 0 saturated carbocycles. The van der Waals surface area contributed by atoms with Crippen LogP contribution in [0.2, 0.25) is 0 Å². The zero-order chi connectivity index (χ0) is 8.81. The standard InChI is InChI=1S/C9H11B.C2H6/c1-2-6-9-8(4-1)5-3-7-10-9;1-2/h3,5,7H,1-2,4,6H2;1-2H3. The average Bonchev–Trinajstić information content (AvgIpc) is 2.21. The zero-order valence-corrected chi connectivity index (χ0v) is 8.14. The molecule has 0 atom stereocenters. The molecule has 12 heavy (non-hydrogen) atoms. The third kappa shape index (κ3) is 2.20. The molecule has 0 spiro atoms. The Morgan fingerprint density at radius 3 is 2.67 bits per heavy atom. The fraction of sp³-hybridized carbons (Fsp3) is 0.545. The van der Waals surface area contributed by atoms with Crippen LogP contribution in [0.1, 0.15) is 37.7 Å². The fourth-order valence-electron chi connectivity index (χ4n) is 1.68. The van der Waals surface area contributed by atoms with Crippen LogP contribution in [-0.4, -0.2) is 6.91 Å². The summed E-state index contributed by atoms with van der Waals surface area (Å²) in [6.45, 7) is 6.26. The molecule has 0 aliphatic heterocycles. The maximum absolute atomic E-state index is 2.26. The molecule has 0 aromatic carbocycles. The van der Waals surface area contributed by atoms with E-state index in [9.17, 15) is 0 Å². The molecule has 1 aliphatic carbocycles. The van der Waals surface area contributed by atoms with Gasteiger partial charge in [0.05, 0.1) is 0 Å². The maximum atomic E-state index is 2.26. The Bertz CT molecular complexity index is 205. The van der Waals surface area contributed by atoms with Gasteiger partial charge in [-0.2, -0.15) is 0 Å². The Balaban J connectivity index is 0.000000336. The molecule has 0 nitrogen and oxygen atoms in total. The third-order valence-corrected chi connectivity index (χ3v) is 2.26. The predicted molar refractivity (Wildman–Crippen MR) is 55.8 cm³/mol. The Morgan fingerprint density at radius 1 is 1.17 bits per heavy atom.